The molecule has 0 saturated heterocycles. The molecule has 0 aromatic heterocycles. The van der Waals surface area contributed by atoms with E-state index in [9.17, 15) is 14.4 Å². The summed E-state index contributed by atoms with van der Waals surface area (Å²) in [6.45, 7) is 3.46. The summed E-state index contributed by atoms with van der Waals surface area (Å²) in [7, 11) is 0. The van der Waals surface area contributed by atoms with Gasteiger partial charge in [-0.05, 0) is 19.3 Å². The molecule has 0 saturated carbocycles. The molecule has 0 aromatic carbocycles. The van der Waals surface area contributed by atoms with E-state index < -0.39 is 30.6 Å². The van der Waals surface area contributed by atoms with E-state index in [0.29, 0.717) is 12.8 Å². The van der Waals surface area contributed by atoms with Crippen molar-refractivity contribution < 1.29 is 29.0 Å². The van der Waals surface area contributed by atoms with Crippen molar-refractivity contribution >= 4 is 17.9 Å². The Morgan fingerprint density at radius 3 is 1.88 bits per heavy atom. The van der Waals surface area contributed by atoms with Crippen LogP contribution >= 0.6 is 0 Å². The first kappa shape index (κ1) is 24.4. The molecule has 1 unspecified atom stereocenters. The average Bonchev–Trinajstić information content (AvgIpc) is 2.61. The first-order valence-corrected chi connectivity index (χ1v) is 10.1. The third kappa shape index (κ3) is 14.7. The Kier molecular flexibility index (Phi) is 15.8. The molecule has 152 valence electrons. The first-order valence-electron chi connectivity index (χ1n) is 10.1. The normalized spacial score (nSPS) is 11.8. The summed E-state index contributed by atoms with van der Waals surface area (Å²) in [5.74, 6) is -2.42. The SMILES string of the molecule is CCCCCCCCCCCC(=O)OC(CCCC)C(=O)OCC(=O)O. The van der Waals surface area contributed by atoms with Crippen LogP contribution in [0.4, 0.5) is 0 Å². The van der Waals surface area contributed by atoms with Crippen molar-refractivity contribution in [3.63, 3.8) is 0 Å². The molecule has 26 heavy (non-hydrogen) atoms. The number of rotatable bonds is 17. The van der Waals surface area contributed by atoms with Crippen LogP contribution in [0, 0.1) is 0 Å². The third-order valence-corrected chi connectivity index (χ3v) is 4.18. The van der Waals surface area contributed by atoms with Crippen molar-refractivity contribution in [2.24, 2.45) is 0 Å². The van der Waals surface area contributed by atoms with E-state index in [2.05, 4.69) is 11.7 Å². The minimum absolute atomic E-state index is 0.282. The largest absolute Gasteiger partial charge is 0.479 e. The summed E-state index contributed by atoms with van der Waals surface area (Å²) in [6.07, 6.45) is 11.6. The number of aliphatic carboxylic acids is 1. The van der Waals surface area contributed by atoms with Crippen molar-refractivity contribution in [2.75, 3.05) is 6.61 Å². The molecule has 0 bridgehead atoms. The molecule has 0 amide bonds. The van der Waals surface area contributed by atoms with E-state index in [1.54, 1.807) is 0 Å². The number of carbonyl (C=O) groups excluding carboxylic acids is 2. The van der Waals surface area contributed by atoms with Gasteiger partial charge in [0.25, 0.3) is 0 Å². The highest BCUT2D eigenvalue weighted by Gasteiger charge is 2.24. The van der Waals surface area contributed by atoms with Crippen molar-refractivity contribution in [1.82, 2.24) is 0 Å². The van der Waals surface area contributed by atoms with Gasteiger partial charge < -0.3 is 14.6 Å². The number of hydrogen-bond donors (Lipinski definition) is 1. The maximum absolute atomic E-state index is 11.9. The second-order valence-corrected chi connectivity index (χ2v) is 6.70. The summed E-state index contributed by atoms with van der Waals surface area (Å²) >= 11 is 0. The molecule has 1 atom stereocenters. The lowest BCUT2D eigenvalue weighted by atomic mass is 10.1. The van der Waals surface area contributed by atoms with E-state index in [1.807, 2.05) is 6.92 Å². The van der Waals surface area contributed by atoms with Gasteiger partial charge in [0, 0.05) is 6.42 Å². The van der Waals surface area contributed by atoms with Gasteiger partial charge in [-0.3, -0.25) is 4.79 Å². The summed E-state index contributed by atoms with van der Waals surface area (Å²) in [5.41, 5.74) is 0. The zero-order valence-electron chi connectivity index (χ0n) is 16.5. The number of unbranched alkanes of at least 4 members (excludes halogenated alkanes) is 9. The minimum Gasteiger partial charge on any atom is -0.479 e. The molecule has 6 nitrogen and oxygen atoms in total. The second-order valence-electron chi connectivity index (χ2n) is 6.70. The lowest BCUT2D eigenvalue weighted by molar-refractivity contribution is -0.171. The average molecular weight is 373 g/mol. The Morgan fingerprint density at radius 2 is 1.35 bits per heavy atom. The fraction of sp³-hybridized carbons (Fsp3) is 0.850. The molecule has 0 aliphatic rings. The van der Waals surface area contributed by atoms with Gasteiger partial charge in [-0.1, -0.05) is 71.6 Å². The third-order valence-electron chi connectivity index (χ3n) is 4.18. The Bertz CT molecular complexity index is 394. The molecule has 0 fully saturated rings. The van der Waals surface area contributed by atoms with Crippen molar-refractivity contribution in [3.8, 4) is 0 Å². The maximum Gasteiger partial charge on any atom is 0.348 e. The second kappa shape index (κ2) is 16.9. The number of hydrogen-bond acceptors (Lipinski definition) is 5. The Hall–Kier alpha value is -1.59. The lowest BCUT2D eigenvalue weighted by Gasteiger charge is -2.16. The highest BCUT2D eigenvalue weighted by molar-refractivity contribution is 5.81. The Morgan fingerprint density at radius 1 is 0.808 bits per heavy atom. The Labute approximate surface area is 157 Å². The fourth-order valence-electron chi connectivity index (χ4n) is 2.64. The molecule has 1 N–H and O–H groups in total. The van der Waals surface area contributed by atoms with E-state index in [0.717, 1.165) is 25.7 Å². The number of carboxylic acid groups (broad SMARTS) is 1. The van der Waals surface area contributed by atoms with Gasteiger partial charge in [0.2, 0.25) is 0 Å². The molecular weight excluding hydrogens is 336 g/mol. The van der Waals surface area contributed by atoms with Crippen LogP contribution in [0.1, 0.15) is 97.3 Å². The van der Waals surface area contributed by atoms with Crippen LogP contribution in [0.3, 0.4) is 0 Å². The van der Waals surface area contributed by atoms with Crippen LogP contribution < -0.4 is 0 Å². The van der Waals surface area contributed by atoms with Crippen LogP contribution in [0.15, 0.2) is 0 Å². The quantitative estimate of drug-likeness (QED) is 0.295. The van der Waals surface area contributed by atoms with Crippen molar-refractivity contribution in [1.29, 1.82) is 0 Å². The highest BCUT2D eigenvalue weighted by atomic mass is 16.6. The minimum atomic E-state index is -1.23. The zero-order valence-corrected chi connectivity index (χ0v) is 16.5. The summed E-state index contributed by atoms with van der Waals surface area (Å²) in [6, 6.07) is 0. The smallest absolute Gasteiger partial charge is 0.348 e. The van der Waals surface area contributed by atoms with E-state index in [1.165, 1.54) is 38.5 Å². The molecule has 0 aromatic rings. The van der Waals surface area contributed by atoms with Gasteiger partial charge in [-0.15, -0.1) is 0 Å². The highest BCUT2D eigenvalue weighted by Crippen LogP contribution is 2.13. The number of esters is 2. The van der Waals surface area contributed by atoms with Crippen LogP contribution in [-0.4, -0.2) is 35.7 Å². The molecule has 0 heterocycles. The first-order chi connectivity index (χ1) is 12.5. The lowest BCUT2D eigenvalue weighted by Crippen LogP contribution is -2.30. The van der Waals surface area contributed by atoms with E-state index in [4.69, 9.17) is 9.84 Å². The predicted octanol–water partition coefficient (Wildman–Crippen LogP) is 4.64. The maximum atomic E-state index is 11.9. The van der Waals surface area contributed by atoms with Crippen LogP contribution in [0.2, 0.25) is 0 Å². The van der Waals surface area contributed by atoms with Crippen molar-refractivity contribution in [2.45, 2.75) is 103 Å². The predicted molar refractivity (Wildman–Crippen MR) is 99.8 cm³/mol. The number of carboxylic acids is 1. The molecule has 0 radical (unpaired) electrons. The van der Waals surface area contributed by atoms with Gasteiger partial charge >= 0.3 is 17.9 Å². The van der Waals surface area contributed by atoms with Gasteiger partial charge in [0.15, 0.2) is 12.7 Å². The number of ether oxygens (including phenoxy) is 2. The summed E-state index contributed by atoms with van der Waals surface area (Å²) in [5, 5.41) is 8.56. The Balaban J connectivity index is 3.94. The zero-order chi connectivity index (χ0) is 19.6. The molecule has 6 heteroatoms. The van der Waals surface area contributed by atoms with Gasteiger partial charge in [0.1, 0.15) is 0 Å². The monoisotopic (exact) mass is 372 g/mol. The molecule has 0 aliphatic carbocycles. The number of carbonyl (C=O) groups is 3. The van der Waals surface area contributed by atoms with E-state index in [-0.39, 0.29) is 6.42 Å². The van der Waals surface area contributed by atoms with Gasteiger partial charge in [-0.2, -0.15) is 0 Å². The molecule has 0 rings (SSSR count). The summed E-state index contributed by atoms with van der Waals surface area (Å²) in [4.78, 5) is 34.2. The van der Waals surface area contributed by atoms with Crippen LogP contribution in [0.5, 0.6) is 0 Å². The fourth-order valence-corrected chi connectivity index (χ4v) is 2.64. The summed E-state index contributed by atoms with van der Waals surface area (Å²) < 4.78 is 9.86. The van der Waals surface area contributed by atoms with Crippen molar-refractivity contribution in [3.05, 3.63) is 0 Å². The van der Waals surface area contributed by atoms with Crippen LogP contribution in [0.25, 0.3) is 0 Å². The van der Waals surface area contributed by atoms with Gasteiger partial charge in [0.05, 0.1) is 0 Å². The van der Waals surface area contributed by atoms with E-state index >= 15 is 0 Å². The molecule has 0 spiro atoms. The topological polar surface area (TPSA) is 89.9 Å². The van der Waals surface area contributed by atoms with Crippen LogP contribution in [-0.2, 0) is 23.9 Å². The molecule has 0 aliphatic heterocycles. The van der Waals surface area contributed by atoms with Gasteiger partial charge in [-0.25, -0.2) is 9.59 Å². The molecular formula is C20H36O6. The standard InChI is InChI=1S/C20H36O6/c1-3-5-7-8-9-10-11-12-13-15-19(23)26-17(14-6-4-2)20(24)25-16-18(21)22/h17H,3-16H2,1-2H3,(H,21,22).